The molecule has 1 aliphatic rings. The Morgan fingerprint density at radius 3 is 2.44 bits per heavy atom. The maximum Gasteiger partial charge on any atom is 0.273 e. The van der Waals surface area contributed by atoms with E-state index >= 15 is 0 Å². The first-order valence-electron chi connectivity index (χ1n) is 6.18. The lowest BCUT2D eigenvalue weighted by Crippen LogP contribution is -2.34. The average molecular weight is 250 g/mol. The van der Waals surface area contributed by atoms with Crippen molar-refractivity contribution in [2.24, 2.45) is 0 Å². The van der Waals surface area contributed by atoms with E-state index in [1.54, 1.807) is 13.1 Å². The van der Waals surface area contributed by atoms with E-state index in [0.717, 1.165) is 24.5 Å². The first-order valence-corrected chi connectivity index (χ1v) is 6.18. The highest BCUT2D eigenvalue weighted by atomic mass is 16.6. The standard InChI is InChI=1S/C12H18N4O2/c1-13-10-7-11(9-12(8-10)16(17)18)14-15-5-3-2-4-6-15/h7-9,13-14H,2-6H2,1H3. The molecule has 1 aromatic rings. The number of rotatable bonds is 4. The molecular weight excluding hydrogens is 232 g/mol. The predicted octanol–water partition coefficient (Wildman–Crippen LogP) is 2.45. The molecule has 2 N–H and O–H groups in total. The summed E-state index contributed by atoms with van der Waals surface area (Å²) in [7, 11) is 1.75. The highest BCUT2D eigenvalue weighted by Crippen LogP contribution is 2.25. The molecule has 0 unspecified atom stereocenters. The Morgan fingerprint density at radius 1 is 1.17 bits per heavy atom. The van der Waals surface area contributed by atoms with Gasteiger partial charge in [-0.05, 0) is 18.9 Å². The molecule has 0 saturated carbocycles. The number of nitro groups is 1. The van der Waals surface area contributed by atoms with Crippen LogP contribution in [-0.2, 0) is 0 Å². The van der Waals surface area contributed by atoms with Gasteiger partial charge in [-0.15, -0.1) is 0 Å². The Bertz CT molecular complexity index is 430. The summed E-state index contributed by atoms with van der Waals surface area (Å²) >= 11 is 0. The number of hydrogen-bond acceptors (Lipinski definition) is 5. The summed E-state index contributed by atoms with van der Waals surface area (Å²) in [5, 5.41) is 15.9. The van der Waals surface area contributed by atoms with Gasteiger partial charge in [0.15, 0.2) is 0 Å². The number of hydrogen-bond donors (Lipinski definition) is 2. The number of benzene rings is 1. The van der Waals surface area contributed by atoms with Gasteiger partial charge in [0.2, 0.25) is 0 Å². The van der Waals surface area contributed by atoms with E-state index in [0.29, 0.717) is 0 Å². The summed E-state index contributed by atoms with van der Waals surface area (Å²) < 4.78 is 0. The van der Waals surface area contributed by atoms with Gasteiger partial charge in [-0.2, -0.15) is 0 Å². The minimum atomic E-state index is -0.373. The van der Waals surface area contributed by atoms with Gasteiger partial charge in [0.25, 0.3) is 5.69 Å². The minimum Gasteiger partial charge on any atom is -0.388 e. The van der Waals surface area contributed by atoms with Crippen LogP contribution < -0.4 is 10.7 Å². The number of nitro benzene ring substituents is 1. The molecule has 18 heavy (non-hydrogen) atoms. The Hall–Kier alpha value is -1.82. The lowest BCUT2D eigenvalue weighted by molar-refractivity contribution is -0.384. The first kappa shape index (κ1) is 12.6. The number of nitrogens with one attached hydrogen (secondary N) is 2. The van der Waals surface area contributed by atoms with E-state index in [4.69, 9.17) is 0 Å². The highest BCUT2D eigenvalue weighted by Gasteiger charge is 2.13. The fraction of sp³-hybridized carbons (Fsp3) is 0.500. The van der Waals surface area contributed by atoms with Crippen LogP contribution in [0.3, 0.4) is 0 Å². The third-order valence-electron chi connectivity index (χ3n) is 3.06. The molecule has 0 bridgehead atoms. The Morgan fingerprint density at radius 2 is 1.83 bits per heavy atom. The molecule has 6 heteroatoms. The van der Waals surface area contributed by atoms with Crippen molar-refractivity contribution in [3.05, 3.63) is 28.3 Å². The van der Waals surface area contributed by atoms with Crippen molar-refractivity contribution >= 4 is 17.1 Å². The monoisotopic (exact) mass is 250 g/mol. The number of piperidine rings is 1. The van der Waals surface area contributed by atoms with E-state index in [2.05, 4.69) is 15.8 Å². The van der Waals surface area contributed by atoms with Gasteiger partial charge in [-0.25, -0.2) is 5.01 Å². The summed E-state index contributed by atoms with van der Waals surface area (Å²) in [4.78, 5) is 10.5. The van der Waals surface area contributed by atoms with Gasteiger partial charge in [0.1, 0.15) is 0 Å². The molecular formula is C12H18N4O2. The molecule has 0 aliphatic carbocycles. The van der Waals surface area contributed by atoms with Gasteiger partial charge < -0.3 is 10.7 Å². The van der Waals surface area contributed by atoms with Crippen molar-refractivity contribution in [2.75, 3.05) is 30.9 Å². The van der Waals surface area contributed by atoms with Crippen molar-refractivity contribution in [2.45, 2.75) is 19.3 Å². The summed E-state index contributed by atoms with van der Waals surface area (Å²) in [6.07, 6.45) is 3.59. The maximum absolute atomic E-state index is 10.8. The van der Waals surface area contributed by atoms with Crippen LogP contribution >= 0.6 is 0 Å². The maximum atomic E-state index is 10.8. The van der Waals surface area contributed by atoms with Crippen molar-refractivity contribution in [1.29, 1.82) is 0 Å². The largest absolute Gasteiger partial charge is 0.388 e. The summed E-state index contributed by atoms with van der Waals surface area (Å²) in [5.41, 5.74) is 4.84. The van der Waals surface area contributed by atoms with E-state index in [9.17, 15) is 10.1 Å². The van der Waals surface area contributed by atoms with Crippen LogP contribution in [0.25, 0.3) is 0 Å². The van der Waals surface area contributed by atoms with Crippen molar-refractivity contribution in [1.82, 2.24) is 5.01 Å². The normalized spacial score (nSPS) is 16.3. The van der Waals surface area contributed by atoms with Gasteiger partial charge in [-0.1, -0.05) is 6.42 Å². The van der Waals surface area contributed by atoms with Crippen LogP contribution in [0.4, 0.5) is 17.1 Å². The molecule has 1 aliphatic heterocycles. The second-order valence-corrected chi connectivity index (χ2v) is 4.44. The molecule has 1 heterocycles. The molecule has 2 rings (SSSR count). The van der Waals surface area contributed by atoms with Crippen molar-refractivity contribution < 1.29 is 4.92 Å². The van der Waals surface area contributed by atoms with Crippen LogP contribution in [0.5, 0.6) is 0 Å². The topological polar surface area (TPSA) is 70.4 Å². The smallest absolute Gasteiger partial charge is 0.273 e. The molecule has 1 fully saturated rings. The minimum absolute atomic E-state index is 0.0985. The Balaban J connectivity index is 2.15. The zero-order chi connectivity index (χ0) is 13.0. The zero-order valence-electron chi connectivity index (χ0n) is 10.5. The van der Waals surface area contributed by atoms with Gasteiger partial charge in [0.05, 0.1) is 10.6 Å². The lowest BCUT2D eigenvalue weighted by atomic mass is 10.2. The summed E-state index contributed by atoms with van der Waals surface area (Å²) in [6, 6.07) is 4.97. The molecule has 1 saturated heterocycles. The van der Waals surface area contributed by atoms with Gasteiger partial charge >= 0.3 is 0 Å². The van der Waals surface area contributed by atoms with Crippen molar-refractivity contribution in [3.63, 3.8) is 0 Å². The Labute approximate surface area is 106 Å². The molecule has 0 spiro atoms. The van der Waals surface area contributed by atoms with Crippen LogP contribution in [0.1, 0.15) is 19.3 Å². The van der Waals surface area contributed by atoms with Crippen LogP contribution in [0.15, 0.2) is 18.2 Å². The van der Waals surface area contributed by atoms with Crippen LogP contribution in [0, 0.1) is 10.1 Å². The molecule has 98 valence electrons. The van der Waals surface area contributed by atoms with E-state index in [1.807, 2.05) is 6.07 Å². The fourth-order valence-corrected chi connectivity index (χ4v) is 2.11. The van der Waals surface area contributed by atoms with Crippen LogP contribution in [0.2, 0.25) is 0 Å². The quantitative estimate of drug-likeness (QED) is 0.634. The summed E-state index contributed by atoms with van der Waals surface area (Å²) in [5.74, 6) is 0. The number of hydrazine groups is 1. The van der Waals surface area contributed by atoms with E-state index < -0.39 is 0 Å². The molecule has 6 nitrogen and oxygen atoms in total. The number of non-ortho nitro benzene ring substituents is 1. The van der Waals surface area contributed by atoms with E-state index in [-0.39, 0.29) is 10.6 Å². The predicted molar refractivity (Wildman–Crippen MR) is 71.7 cm³/mol. The van der Waals surface area contributed by atoms with Gasteiger partial charge in [-0.3, -0.25) is 10.1 Å². The van der Waals surface area contributed by atoms with Crippen LogP contribution in [-0.4, -0.2) is 30.1 Å². The first-order chi connectivity index (χ1) is 8.69. The SMILES string of the molecule is CNc1cc(NN2CCCCC2)cc([N+](=O)[O-])c1. The second kappa shape index (κ2) is 5.68. The second-order valence-electron chi connectivity index (χ2n) is 4.44. The molecule has 0 amide bonds. The number of nitrogens with zero attached hydrogens (tertiary/aromatic N) is 2. The zero-order valence-corrected chi connectivity index (χ0v) is 10.5. The fourth-order valence-electron chi connectivity index (χ4n) is 2.11. The number of anilines is 2. The molecule has 0 atom stereocenters. The van der Waals surface area contributed by atoms with Gasteiger partial charge in [0, 0.05) is 38.0 Å². The molecule has 0 aromatic heterocycles. The lowest BCUT2D eigenvalue weighted by Gasteiger charge is -2.27. The summed E-state index contributed by atoms with van der Waals surface area (Å²) in [6.45, 7) is 1.97. The molecule has 0 radical (unpaired) electrons. The van der Waals surface area contributed by atoms with Crippen molar-refractivity contribution in [3.8, 4) is 0 Å². The highest BCUT2D eigenvalue weighted by molar-refractivity contribution is 5.62. The Kier molecular flexibility index (Phi) is 3.99. The third-order valence-corrected chi connectivity index (χ3v) is 3.06. The van der Waals surface area contributed by atoms with E-state index in [1.165, 1.54) is 25.3 Å². The molecule has 1 aromatic carbocycles. The average Bonchev–Trinajstić information content (AvgIpc) is 2.39. The third kappa shape index (κ3) is 3.10.